The molecule has 1 aliphatic carbocycles. The van der Waals surface area contributed by atoms with Crippen LogP contribution < -0.4 is 0 Å². The molecule has 0 spiro atoms. The van der Waals surface area contributed by atoms with Crippen LogP contribution in [-0.2, 0) is 12.8 Å². The van der Waals surface area contributed by atoms with Crippen LogP contribution in [0, 0.1) is 5.92 Å². The van der Waals surface area contributed by atoms with E-state index in [0.29, 0.717) is 5.92 Å². The van der Waals surface area contributed by atoms with Crippen molar-refractivity contribution in [1.29, 1.82) is 0 Å². The van der Waals surface area contributed by atoms with E-state index in [2.05, 4.69) is 29.2 Å². The second kappa shape index (κ2) is 6.19. The summed E-state index contributed by atoms with van der Waals surface area (Å²) in [5.74, 6) is 0.360. The van der Waals surface area contributed by atoms with Crippen LogP contribution in [0.25, 0.3) is 0 Å². The van der Waals surface area contributed by atoms with Crippen LogP contribution in [0.5, 0.6) is 0 Å². The van der Waals surface area contributed by atoms with Crippen molar-refractivity contribution < 1.29 is 5.11 Å². The summed E-state index contributed by atoms with van der Waals surface area (Å²) >= 11 is 0. The predicted octanol–water partition coefficient (Wildman–Crippen LogP) is 3.70. The van der Waals surface area contributed by atoms with Gasteiger partial charge in [0.05, 0.1) is 6.10 Å². The highest BCUT2D eigenvalue weighted by Gasteiger charge is 2.25. The summed E-state index contributed by atoms with van der Waals surface area (Å²) in [5.41, 5.74) is 3.72. The molecule has 0 fully saturated rings. The lowest BCUT2D eigenvalue weighted by atomic mass is 9.88. The molecule has 1 aliphatic rings. The maximum Gasteiger partial charge on any atom is 0.0820 e. The number of pyridine rings is 1. The van der Waals surface area contributed by atoms with Crippen molar-refractivity contribution in [3.8, 4) is 0 Å². The zero-order chi connectivity index (χ0) is 13.8. The van der Waals surface area contributed by atoms with Crippen molar-refractivity contribution in [2.24, 2.45) is 5.92 Å². The summed E-state index contributed by atoms with van der Waals surface area (Å²) in [6.07, 6.45) is 8.82. The van der Waals surface area contributed by atoms with Gasteiger partial charge in [-0.05, 0) is 60.8 Å². The molecule has 1 aromatic carbocycles. The Hall–Kier alpha value is -1.67. The Bertz CT molecular complexity index is 552. The topological polar surface area (TPSA) is 33.1 Å². The Kier molecular flexibility index (Phi) is 4.12. The Labute approximate surface area is 120 Å². The maximum absolute atomic E-state index is 10.7. The van der Waals surface area contributed by atoms with E-state index in [1.165, 1.54) is 17.5 Å². The van der Waals surface area contributed by atoms with Crippen molar-refractivity contribution >= 4 is 0 Å². The highest BCUT2D eigenvalue weighted by atomic mass is 16.3. The van der Waals surface area contributed by atoms with E-state index in [-0.39, 0.29) is 6.10 Å². The van der Waals surface area contributed by atoms with Gasteiger partial charge in [0.2, 0.25) is 0 Å². The first kappa shape index (κ1) is 13.3. The van der Waals surface area contributed by atoms with E-state index in [0.717, 1.165) is 31.2 Å². The number of benzene rings is 1. The van der Waals surface area contributed by atoms with E-state index >= 15 is 0 Å². The number of aryl methyl sites for hydroxylation is 2. The van der Waals surface area contributed by atoms with Crippen LogP contribution in [0.2, 0.25) is 0 Å². The van der Waals surface area contributed by atoms with Gasteiger partial charge in [0.1, 0.15) is 0 Å². The first-order valence-corrected chi connectivity index (χ1v) is 7.49. The van der Waals surface area contributed by atoms with Crippen LogP contribution in [0.1, 0.15) is 42.1 Å². The summed E-state index contributed by atoms with van der Waals surface area (Å²) in [6, 6.07) is 12.4. The lowest BCUT2D eigenvalue weighted by Crippen LogP contribution is -2.13. The fourth-order valence-corrected chi connectivity index (χ4v) is 3.22. The van der Waals surface area contributed by atoms with Crippen LogP contribution >= 0.6 is 0 Å². The maximum atomic E-state index is 10.7. The minimum Gasteiger partial charge on any atom is -0.388 e. The molecule has 2 aromatic rings. The minimum atomic E-state index is -0.314. The van der Waals surface area contributed by atoms with Crippen LogP contribution in [0.4, 0.5) is 0 Å². The molecule has 0 amide bonds. The van der Waals surface area contributed by atoms with Gasteiger partial charge in [0.15, 0.2) is 0 Å². The summed E-state index contributed by atoms with van der Waals surface area (Å²) in [4.78, 5) is 4.16. The fourth-order valence-electron chi connectivity index (χ4n) is 3.22. The molecule has 1 heterocycles. The second-order valence-electron chi connectivity index (χ2n) is 5.70. The SMILES string of the molecule is OC1c2ccccc2CCCC1CCc1cccnc1. The van der Waals surface area contributed by atoms with Crippen LogP contribution in [0.15, 0.2) is 48.8 Å². The molecule has 1 aromatic heterocycles. The zero-order valence-corrected chi connectivity index (χ0v) is 11.7. The van der Waals surface area contributed by atoms with Gasteiger partial charge >= 0.3 is 0 Å². The van der Waals surface area contributed by atoms with E-state index < -0.39 is 0 Å². The number of fused-ring (bicyclic) bond motifs is 1. The highest BCUT2D eigenvalue weighted by Crippen LogP contribution is 2.35. The molecular formula is C18H21NO. The molecule has 3 rings (SSSR count). The van der Waals surface area contributed by atoms with Crippen molar-refractivity contribution in [1.82, 2.24) is 4.98 Å². The summed E-state index contributed by atoms with van der Waals surface area (Å²) < 4.78 is 0. The lowest BCUT2D eigenvalue weighted by Gasteiger charge is -2.21. The van der Waals surface area contributed by atoms with Crippen molar-refractivity contribution in [3.05, 3.63) is 65.5 Å². The summed E-state index contributed by atoms with van der Waals surface area (Å²) in [5, 5.41) is 10.7. The molecule has 20 heavy (non-hydrogen) atoms. The number of aromatic nitrogens is 1. The highest BCUT2D eigenvalue weighted by molar-refractivity contribution is 5.30. The predicted molar refractivity (Wildman–Crippen MR) is 80.4 cm³/mol. The van der Waals surface area contributed by atoms with Gasteiger partial charge in [-0.25, -0.2) is 0 Å². The van der Waals surface area contributed by atoms with Crippen molar-refractivity contribution in [3.63, 3.8) is 0 Å². The second-order valence-corrected chi connectivity index (χ2v) is 5.70. The number of nitrogens with zero attached hydrogens (tertiary/aromatic N) is 1. The minimum absolute atomic E-state index is 0.314. The Morgan fingerprint density at radius 1 is 1.15 bits per heavy atom. The van der Waals surface area contributed by atoms with E-state index in [1.807, 2.05) is 18.3 Å². The molecule has 2 heteroatoms. The molecule has 0 saturated heterocycles. The largest absolute Gasteiger partial charge is 0.388 e. The fraction of sp³-hybridized carbons (Fsp3) is 0.389. The average molecular weight is 267 g/mol. The average Bonchev–Trinajstić information content (AvgIpc) is 2.66. The van der Waals surface area contributed by atoms with E-state index in [4.69, 9.17) is 0 Å². The monoisotopic (exact) mass is 267 g/mol. The van der Waals surface area contributed by atoms with E-state index in [1.54, 1.807) is 6.20 Å². The molecular weight excluding hydrogens is 246 g/mol. The van der Waals surface area contributed by atoms with Gasteiger partial charge in [-0.2, -0.15) is 0 Å². The third-order valence-corrected chi connectivity index (χ3v) is 4.37. The molecule has 0 aliphatic heterocycles. The van der Waals surface area contributed by atoms with E-state index in [9.17, 15) is 5.11 Å². The molecule has 2 nitrogen and oxygen atoms in total. The first-order chi connectivity index (χ1) is 9.84. The van der Waals surface area contributed by atoms with Crippen molar-refractivity contribution in [2.75, 3.05) is 0 Å². The number of hydrogen-bond acceptors (Lipinski definition) is 2. The summed E-state index contributed by atoms with van der Waals surface area (Å²) in [7, 11) is 0. The van der Waals surface area contributed by atoms with Crippen molar-refractivity contribution in [2.45, 2.75) is 38.2 Å². The normalized spacial score (nSPS) is 22.1. The Morgan fingerprint density at radius 3 is 2.90 bits per heavy atom. The third-order valence-electron chi connectivity index (χ3n) is 4.37. The summed E-state index contributed by atoms with van der Waals surface area (Å²) in [6.45, 7) is 0. The molecule has 2 atom stereocenters. The molecule has 1 N–H and O–H groups in total. The van der Waals surface area contributed by atoms with Crippen LogP contribution in [0.3, 0.4) is 0 Å². The van der Waals surface area contributed by atoms with Gasteiger partial charge in [0.25, 0.3) is 0 Å². The number of rotatable bonds is 3. The Morgan fingerprint density at radius 2 is 2.05 bits per heavy atom. The van der Waals surface area contributed by atoms with Gasteiger partial charge in [-0.3, -0.25) is 4.98 Å². The molecule has 0 radical (unpaired) electrons. The zero-order valence-electron chi connectivity index (χ0n) is 11.7. The van der Waals surface area contributed by atoms with Gasteiger partial charge in [-0.1, -0.05) is 30.3 Å². The standard InChI is InChI=1S/C18H21NO/c20-18-16(11-10-14-5-4-12-19-13-14)8-3-7-15-6-1-2-9-17(15)18/h1-2,4-6,9,12-13,16,18,20H,3,7-8,10-11H2. The molecule has 2 unspecified atom stereocenters. The first-order valence-electron chi connectivity index (χ1n) is 7.49. The van der Waals surface area contributed by atoms with Gasteiger partial charge < -0.3 is 5.11 Å². The molecule has 104 valence electrons. The van der Waals surface area contributed by atoms with Gasteiger partial charge in [0, 0.05) is 12.4 Å². The smallest absolute Gasteiger partial charge is 0.0820 e. The Balaban J connectivity index is 1.71. The van der Waals surface area contributed by atoms with Gasteiger partial charge in [-0.15, -0.1) is 0 Å². The number of hydrogen-bond donors (Lipinski definition) is 1. The van der Waals surface area contributed by atoms with Crippen LogP contribution in [-0.4, -0.2) is 10.1 Å². The third kappa shape index (κ3) is 2.91. The molecule has 0 bridgehead atoms. The number of aliphatic hydroxyl groups excluding tert-OH is 1. The number of aliphatic hydroxyl groups is 1. The molecule has 0 saturated carbocycles. The lowest BCUT2D eigenvalue weighted by molar-refractivity contribution is 0.0999. The quantitative estimate of drug-likeness (QED) is 0.860.